The predicted octanol–water partition coefficient (Wildman–Crippen LogP) is 4.78. The Morgan fingerprint density at radius 2 is 1.68 bits per heavy atom. The summed E-state index contributed by atoms with van der Waals surface area (Å²) in [6.07, 6.45) is 2.41. The number of carbonyl (C=O) groups is 1. The zero-order valence-electron chi connectivity index (χ0n) is 17.9. The van der Waals surface area contributed by atoms with Gasteiger partial charge < -0.3 is 20.3 Å². The normalized spacial score (nSPS) is 13.2. The maximum atomic E-state index is 12.5. The molecule has 1 aliphatic rings. The molecule has 0 atom stereocenters. The summed E-state index contributed by atoms with van der Waals surface area (Å²) in [6.45, 7) is 6.51. The summed E-state index contributed by atoms with van der Waals surface area (Å²) in [6, 6.07) is 16.7. The van der Waals surface area contributed by atoms with Crippen molar-refractivity contribution in [1.82, 2.24) is 9.97 Å². The van der Waals surface area contributed by atoms with Gasteiger partial charge in [-0.2, -0.15) is 0 Å². The number of rotatable bonds is 7. The Labute approximate surface area is 182 Å². The summed E-state index contributed by atoms with van der Waals surface area (Å²) in [4.78, 5) is 23.8. The molecule has 7 nitrogen and oxygen atoms in total. The molecule has 7 heteroatoms. The molecule has 2 N–H and O–H groups in total. The van der Waals surface area contributed by atoms with E-state index in [-0.39, 0.29) is 5.91 Å². The number of aromatic nitrogens is 2. The van der Waals surface area contributed by atoms with Gasteiger partial charge in [0.1, 0.15) is 23.2 Å². The maximum Gasteiger partial charge on any atom is 0.255 e. The number of anilines is 4. The molecule has 0 saturated carbocycles. The molecule has 0 bridgehead atoms. The van der Waals surface area contributed by atoms with Gasteiger partial charge in [-0.25, -0.2) is 9.97 Å². The van der Waals surface area contributed by atoms with E-state index in [0.29, 0.717) is 12.2 Å². The molecule has 1 aromatic heterocycles. The van der Waals surface area contributed by atoms with Gasteiger partial charge in [0.05, 0.1) is 6.61 Å². The second-order valence-electron chi connectivity index (χ2n) is 7.47. The maximum absolute atomic E-state index is 12.5. The second kappa shape index (κ2) is 9.47. The molecule has 160 valence electrons. The first kappa shape index (κ1) is 20.7. The Hall–Kier alpha value is -3.61. The summed E-state index contributed by atoms with van der Waals surface area (Å²) in [5.41, 5.74) is 2.20. The number of ether oxygens (including phenoxy) is 1. The largest absolute Gasteiger partial charge is 0.494 e. The van der Waals surface area contributed by atoms with Crippen molar-refractivity contribution in [2.75, 3.05) is 35.2 Å². The van der Waals surface area contributed by atoms with Crippen LogP contribution in [0.2, 0.25) is 0 Å². The lowest BCUT2D eigenvalue weighted by atomic mass is 10.2. The minimum absolute atomic E-state index is 0.162. The van der Waals surface area contributed by atoms with Crippen LogP contribution in [-0.4, -0.2) is 35.6 Å². The van der Waals surface area contributed by atoms with Crippen LogP contribution in [-0.2, 0) is 0 Å². The smallest absolute Gasteiger partial charge is 0.255 e. The molecule has 1 aliphatic heterocycles. The summed E-state index contributed by atoms with van der Waals surface area (Å²) in [7, 11) is 0. The van der Waals surface area contributed by atoms with Gasteiger partial charge >= 0.3 is 0 Å². The van der Waals surface area contributed by atoms with E-state index in [1.807, 2.05) is 44.2 Å². The van der Waals surface area contributed by atoms with Crippen molar-refractivity contribution >= 4 is 28.9 Å². The first-order chi connectivity index (χ1) is 15.1. The number of amides is 1. The molecule has 0 radical (unpaired) electrons. The number of nitrogens with zero attached hydrogens (tertiary/aromatic N) is 3. The molecule has 3 aromatic rings. The number of benzene rings is 2. The molecule has 2 aromatic carbocycles. The van der Waals surface area contributed by atoms with Gasteiger partial charge in [-0.15, -0.1) is 0 Å². The third-order valence-corrected chi connectivity index (χ3v) is 5.10. The monoisotopic (exact) mass is 417 g/mol. The number of hydrogen-bond acceptors (Lipinski definition) is 6. The molecule has 0 spiro atoms. The molecule has 4 rings (SSSR count). The van der Waals surface area contributed by atoms with E-state index in [9.17, 15) is 4.79 Å². The average Bonchev–Trinajstić information content (AvgIpc) is 3.31. The van der Waals surface area contributed by atoms with Gasteiger partial charge in [0, 0.05) is 36.1 Å². The number of nitrogens with one attached hydrogen (secondary N) is 2. The van der Waals surface area contributed by atoms with Crippen LogP contribution in [0.25, 0.3) is 0 Å². The fourth-order valence-corrected chi connectivity index (χ4v) is 3.58. The Morgan fingerprint density at radius 3 is 2.35 bits per heavy atom. The molecule has 1 fully saturated rings. The highest BCUT2D eigenvalue weighted by Gasteiger charge is 2.15. The van der Waals surface area contributed by atoms with Crippen LogP contribution in [0.15, 0.2) is 54.6 Å². The van der Waals surface area contributed by atoms with Gasteiger partial charge in [-0.05, 0) is 75.2 Å². The fourth-order valence-electron chi connectivity index (χ4n) is 3.58. The summed E-state index contributed by atoms with van der Waals surface area (Å²) >= 11 is 0. The van der Waals surface area contributed by atoms with E-state index in [0.717, 1.165) is 47.7 Å². The number of carbonyl (C=O) groups excluding carboxylic acids is 1. The fraction of sp³-hybridized carbons (Fsp3) is 0.292. The van der Waals surface area contributed by atoms with Crippen molar-refractivity contribution in [3.8, 4) is 5.75 Å². The second-order valence-corrected chi connectivity index (χ2v) is 7.47. The standard InChI is InChI=1S/C24H27N5O2/c1-3-31-21-12-6-18(7-13-21)24(30)28-20-10-8-19(9-11-20)27-22-16-23(26-17(2)25-22)29-14-4-5-15-29/h6-13,16H,3-5,14-15H2,1-2H3,(H,28,30)(H,25,26,27). The Kier molecular flexibility index (Phi) is 6.31. The van der Waals surface area contributed by atoms with Gasteiger partial charge in [-0.1, -0.05) is 0 Å². The van der Waals surface area contributed by atoms with Crippen molar-refractivity contribution < 1.29 is 9.53 Å². The first-order valence-corrected chi connectivity index (χ1v) is 10.6. The molecule has 31 heavy (non-hydrogen) atoms. The zero-order chi connectivity index (χ0) is 21.6. The first-order valence-electron chi connectivity index (χ1n) is 10.6. The number of aryl methyl sites for hydroxylation is 1. The minimum atomic E-state index is -0.162. The molecule has 1 saturated heterocycles. The minimum Gasteiger partial charge on any atom is -0.494 e. The van der Waals surface area contributed by atoms with E-state index < -0.39 is 0 Å². The van der Waals surface area contributed by atoms with E-state index in [1.54, 1.807) is 24.3 Å². The summed E-state index contributed by atoms with van der Waals surface area (Å²) in [5, 5.41) is 6.25. The van der Waals surface area contributed by atoms with Gasteiger partial charge in [0.25, 0.3) is 5.91 Å². The van der Waals surface area contributed by atoms with Crippen LogP contribution in [0.5, 0.6) is 5.75 Å². The van der Waals surface area contributed by atoms with E-state index in [4.69, 9.17) is 4.74 Å². The van der Waals surface area contributed by atoms with Gasteiger partial charge in [-0.3, -0.25) is 4.79 Å². The average molecular weight is 418 g/mol. The van der Waals surface area contributed by atoms with Crippen LogP contribution in [0.1, 0.15) is 35.9 Å². The highest BCUT2D eigenvalue weighted by atomic mass is 16.5. The lowest BCUT2D eigenvalue weighted by Gasteiger charge is -2.18. The third-order valence-electron chi connectivity index (χ3n) is 5.10. The van der Waals surface area contributed by atoms with Gasteiger partial charge in [0.2, 0.25) is 0 Å². The van der Waals surface area contributed by atoms with E-state index in [1.165, 1.54) is 12.8 Å². The molecule has 0 unspecified atom stereocenters. The lowest BCUT2D eigenvalue weighted by molar-refractivity contribution is 0.102. The highest BCUT2D eigenvalue weighted by Crippen LogP contribution is 2.24. The SMILES string of the molecule is CCOc1ccc(C(=O)Nc2ccc(Nc3cc(N4CCCC4)nc(C)n3)cc2)cc1. The molecule has 1 amide bonds. The number of hydrogen-bond donors (Lipinski definition) is 2. The molecule has 0 aliphatic carbocycles. The van der Waals surface area contributed by atoms with Gasteiger partial charge in [0.15, 0.2) is 0 Å². The summed E-state index contributed by atoms with van der Waals surface area (Å²) < 4.78 is 5.41. The highest BCUT2D eigenvalue weighted by molar-refractivity contribution is 6.04. The molecule has 2 heterocycles. The van der Waals surface area contributed by atoms with E-state index >= 15 is 0 Å². The molecular weight excluding hydrogens is 390 g/mol. The lowest BCUT2D eigenvalue weighted by Crippen LogP contribution is -2.19. The molecular formula is C24H27N5O2. The van der Waals surface area contributed by atoms with Crippen molar-refractivity contribution in [1.29, 1.82) is 0 Å². The predicted molar refractivity (Wildman–Crippen MR) is 124 cm³/mol. The third kappa shape index (κ3) is 5.31. The quantitative estimate of drug-likeness (QED) is 0.576. The van der Waals surface area contributed by atoms with Crippen molar-refractivity contribution in [3.05, 3.63) is 66.0 Å². The van der Waals surface area contributed by atoms with Crippen LogP contribution in [0.3, 0.4) is 0 Å². The Balaban J connectivity index is 1.39. The zero-order valence-corrected chi connectivity index (χ0v) is 17.9. The van der Waals surface area contributed by atoms with Crippen molar-refractivity contribution in [3.63, 3.8) is 0 Å². The summed E-state index contributed by atoms with van der Waals surface area (Å²) in [5.74, 6) is 3.06. The van der Waals surface area contributed by atoms with Crippen LogP contribution in [0.4, 0.5) is 23.0 Å². The topological polar surface area (TPSA) is 79.4 Å². The Bertz CT molecular complexity index is 1030. The van der Waals surface area contributed by atoms with Crippen molar-refractivity contribution in [2.45, 2.75) is 26.7 Å². The van der Waals surface area contributed by atoms with Crippen LogP contribution in [0, 0.1) is 6.92 Å². The van der Waals surface area contributed by atoms with Crippen LogP contribution >= 0.6 is 0 Å². The van der Waals surface area contributed by atoms with Crippen molar-refractivity contribution in [2.24, 2.45) is 0 Å². The van der Waals surface area contributed by atoms with Crippen LogP contribution < -0.4 is 20.3 Å². The van der Waals surface area contributed by atoms with E-state index in [2.05, 4.69) is 25.5 Å². The Morgan fingerprint density at radius 1 is 1.00 bits per heavy atom.